The van der Waals surface area contributed by atoms with Gasteiger partial charge in [-0.1, -0.05) is 5.16 Å². The Morgan fingerprint density at radius 1 is 1.24 bits per heavy atom. The van der Waals surface area contributed by atoms with Crippen LogP contribution in [0.5, 0.6) is 0 Å². The summed E-state index contributed by atoms with van der Waals surface area (Å²) in [5.74, 6) is -6.00. The van der Waals surface area contributed by atoms with Gasteiger partial charge >= 0.3 is 0 Å². The Bertz CT molecular complexity index is 614. The molecule has 2 fully saturated rings. The van der Waals surface area contributed by atoms with E-state index >= 15 is 0 Å². The number of oxime groups is 1. The van der Waals surface area contributed by atoms with Crippen molar-refractivity contribution in [2.24, 2.45) is 32.6 Å². The maximum absolute atomic E-state index is 14.3. The summed E-state index contributed by atoms with van der Waals surface area (Å²) in [5.41, 5.74) is 5.79. The van der Waals surface area contributed by atoms with Gasteiger partial charge in [0.15, 0.2) is 11.3 Å². The monoisotopic (exact) mass is 327 g/mol. The van der Waals surface area contributed by atoms with E-state index in [1.807, 2.05) is 0 Å². The first kappa shape index (κ1) is 15.9. The van der Waals surface area contributed by atoms with Crippen LogP contribution < -0.4 is 16.6 Å². The van der Waals surface area contributed by atoms with Crippen LogP contribution in [0.15, 0.2) is 5.16 Å². The fraction of sp³-hybridized carbons (Fsp3) is 0.778. The summed E-state index contributed by atoms with van der Waals surface area (Å²) in [4.78, 5) is 11.6. The molecule has 1 aliphatic heterocycles. The van der Waals surface area contributed by atoms with Crippen molar-refractivity contribution in [2.45, 2.75) is 18.8 Å². The molecule has 120 valence electrons. The summed E-state index contributed by atoms with van der Waals surface area (Å²) >= 11 is 0. The molecule has 0 unspecified atom stereocenters. The Kier molecular flexibility index (Phi) is 3.20. The van der Waals surface area contributed by atoms with Crippen molar-refractivity contribution < 1.29 is 27.2 Å². The standard InChI is InChI=1S/C9H15F2N5O4S/c10-9(11)7(8(9,6(13)17)5(12)15-18)1-3-16(4-2-7)21(14,19)20/h18H,1-4H2,(H2,12,15)(H2,13,17)(H2,14,19,20)/t8-/m1/s1. The molecule has 2 rings (SSSR count). The second-order valence-corrected chi connectivity index (χ2v) is 6.75. The van der Waals surface area contributed by atoms with Crippen LogP contribution in [0, 0.1) is 10.8 Å². The number of rotatable bonds is 3. The van der Waals surface area contributed by atoms with Crippen LogP contribution in [0.4, 0.5) is 8.78 Å². The van der Waals surface area contributed by atoms with E-state index in [-0.39, 0.29) is 25.9 Å². The van der Waals surface area contributed by atoms with Gasteiger partial charge in [-0.25, -0.2) is 13.9 Å². The van der Waals surface area contributed by atoms with Gasteiger partial charge in [0.2, 0.25) is 5.91 Å². The van der Waals surface area contributed by atoms with E-state index in [0.29, 0.717) is 0 Å². The van der Waals surface area contributed by atoms with Gasteiger partial charge in [0, 0.05) is 13.1 Å². The van der Waals surface area contributed by atoms with Crippen LogP contribution in [0.1, 0.15) is 12.8 Å². The summed E-state index contributed by atoms with van der Waals surface area (Å²) in [6.07, 6.45) is -0.759. The lowest BCUT2D eigenvalue weighted by molar-refractivity contribution is -0.124. The molecule has 1 saturated heterocycles. The highest BCUT2D eigenvalue weighted by Gasteiger charge is 2.95. The number of halogens is 2. The highest BCUT2D eigenvalue weighted by Crippen LogP contribution is 2.79. The molecule has 2 aliphatic rings. The van der Waals surface area contributed by atoms with Crippen LogP contribution in [0.25, 0.3) is 0 Å². The molecule has 1 aliphatic carbocycles. The number of amides is 1. The lowest BCUT2D eigenvalue weighted by atomic mass is 9.83. The lowest BCUT2D eigenvalue weighted by Crippen LogP contribution is -2.48. The summed E-state index contributed by atoms with van der Waals surface area (Å²) < 4.78 is 51.9. The molecule has 7 N–H and O–H groups in total. The Hall–Kier alpha value is -1.53. The lowest BCUT2D eigenvalue weighted by Gasteiger charge is -2.31. The minimum atomic E-state index is -4.01. The minimum Gasteiger partial charge on any atom is -0.409 e. The highest BCUT2D eigenvalue weighted by atomic mass is 32.2. The molecule has 9 nitrogen and oxygen atoms in total. The average Bonchev–Trinajstić information content (AvgIpc) is 2.79. The number of nitrogens with two attached hydrogens (primary N) is 3. The second-order valence-electron chi connectivity index (χ2n) is 5.20. The van der Waals surface area contributed by atoms with Gasteiger partial charge in [0.1, 0.15) is 0 Å². The van der Waals surface area contributed by atoms with Gasteiger partial charge in [-0.15, -0.1) is 0 Å². The third-order valence-electron chi connectivity index (χ3n) is 4.52. The Labute approximate surface area is 118 Å². The molecule has 1 heterocycles. The number of amidine groups is 1. The largest absolute Gasteiger partial charge is 0.409 e. The first-order chi connectivity index (χ1) is 9.49. The third-order valence-corrected chi connectivity index (χ3v) is 5.61. The Morgan fingerprint density at radius 2 is 1.71 bits per heavy atom. The van der Waals surface area contributed by atoms with E-state index in [9.17, 15) is 22.0 Å². The van der Waals surface area contributed by atoms with Crippen LogP contribution >= 0.6 is 0 Å². The Balaban J connectivity index is 2.40. The van der Waals surface area contributed by atoms with Crippen molar-refractivity contribution in [3.05, 3.63) is 0 Å². The van der Waals surface area contributed by atoms with E-state index in [1.54, 1.807) is 0 Å². The van der Waals surface area contributed by atoms with E-state index < -0.39 is 38.7 Å². The molecule has 0 aromatic rings. The number of carbonyl (C=O) groups excluding carboxylic acids is 1. The van der Waals surface area contributed by atoms with E-state index in [2.05, 4.69) is 5.16 Å². The van der Waals surface area contributed by atoms with Gasteiger partial charge in [0.25, 0.3) is 16.1 Å². The minimum absolute atomic E-state index is 0.303. The van der Waals surface area contributed by atoms with Gasteiger partial charge in [-0.2, -0.15) is 12.7 Å². The molecule has 0 radical (unpaired) electrons. The normalized spacial score (nSPS) is 32.0. The fourth-order valence-electron chi connectivity index (χ4n) is 3.41. The van der Waals surface area contributed by atoms with E-state index in [1.165, 1.54) is 0 Å². The Morgan fingerprint density at radius 3 is 2.05 bits per heavy atom. The molecule has 12 heteroatoms. The first-order valence-corrected chi connectivity index (χ1v) is 7.43. The zero-order chi connectivity index (χ0) is 16.3. The molecule has 0 aromatic heterocycles. The van der Waals surface area contributed by atoms with Crippen molar-refractivity contribution in [1.82, 2.24) is 4.31 Å². The molecule has 1 amide bonds. The predicted octanol–water partition coefficient (Wildman–Crippen LogP) is -1.86. The van der Waals surface area contributed by atoms with Crippen molar-refractivity contribution in [2.75, 3.05) is 13.1 Å². The maximum atomic E-state index is 14.3. The number of hydrogen-bond acceptors (Lipinski definition) is 5. The number of carbonyl (C=O) groups is 1. The quantitative estimate of drug-likeness (QED) is 0.206. The third kappa shape index (κ3) is 1.63. The predicted molar refractivity (Wildman–Crippen MR) is 66.3 cm³/mol. The molecule has 0 bridgehead atoms. The van der Waals surface area contributed by atoms with Gasteiger partial charge in [-0.05, 0) is 12.8 Å². The molecule has 0 aromatic carbocycles. The number of nitrogens with zero attached hydrogens (tertiary/aromatic N) is 2. The molecular weight excluding hydrogens is 312 g/mol. The zero-order valence-corrected chi connectivity index (χ0v) is 11.6. The maximum Gasteiger partial charge on any atom is 0.277 e. The summed E-state index contributed by atoms with van der Waals surface area (Å²) in [6, 6.07) is 0. The van der Waals surface area contributed by atoms with Crippen LogP contribution in [-0.4, -0.2) is 48.7 Å². The smallest absolute Gasteiger partial charge is 0.277 e. The topological polar surface area (TPSA) is 165 Å². The van der Waals surface area contributed by atoms with Gasteiger partial charge in [-0.3, -0.25) is 4.79 Å². The molecule has 1 spiro atoms. The van der Waals surface area contributed by atoms with Gasteiger partial charge in [0.05, 0.1) is 5.41 Å². The number of alkyl halides is 2. The van der Waals surface area contributed by atoms with E-state index in [4.69, 9.17) is 21.8 Å². The fourth-order valence-corrected chi connectivity index (χ4v) is 4.10. The number of primary amides is 1. The highest BCUT2D eigenvalue weighted by molar-refractivity contribution is 7.86. The second kappa shape index (κ2) is 4.24. The van der Waals surface area contributed by atoms with Crippen LogP contribution in [0.3, 0.4) is 0 Å². The molecular formula is C9H15F2N5O4S. The number of piperidine rings is 1. The van der Waals surface area contributed by atoms with E-state index in [0.717, 1.165) is 4.31 Å². The summed E-state index contributed by atoms with van der Waals surface area (Å²) in [6.45, 7) is -0.607. The summed E-state index contributed by atoms with van der Waals surface area (Å²) in [5, 5.41) is 16.1. The van der Waals surface area contributed by atoms with Gasteiger partial charge < -0.3 is 16.7 Å². The molecule has 1 saturated carbocycles. The van der Waals surface area contributed by atoms with Crippen molar-refractivity contribution >= 4 is 22.0 Å². The van der Waals surface area contributed by atoms with Crippen molar-refractivity contribution in [3.8, 4) is 0 Å². The van der Waals surface area contributed by atoms with Crippen molar-refractivity contribution in [1.29, 1.82) is 0 Å². The molecule has 21 heavy (non-hydrogen) atoms. The average molecular weight is 327 g/mol. The van der Waals surface area contributed by atoms with Crippen molar-refractivity contribution in [3.63, 3.8) is 0 Å². The zero-order valence-electron chi connectivity index (χ0n) is 10.8. The molecule has 1 atom stereocenters. The number of hydrogen-bond donors (Lipinski definition) is 4. The summed E-state index contributed by atoms with van der Waals surface area (Å²) in [7, 11) is -4.01. The SMILES string of the molecule is NC(=O)[C@@]1(C(N)=NO)C(F)(F)C12CCN(S(N)(=O)=O)CC2. The van der Waals surface area contributed by atoms with Crippen LogP contribution in [0.2, 0.25) is 0 Å². The van der Waals surface area contributed by atoms with Crippen LogP contribution in [-0.2, 0) is 15.0 Å². The first-order valence-electron chi connectivity index (χ1n) is 5.92.